The number of nitrogens with zero attached hydrogens (tertiary/aromatic N) is 4. The Balaban J connectivity index is 2.29. The Morgan fingerprint density at radius 3 is 2.67 bits per heavy atom. The SMILES string of the molecule is Cc1ncn(Cc2nnc(C(C)C)o2)c(=O)c1C. The van der Waals surface area contributed by atoms with E-state index in [0.29, 0.717) is 17.3 Å². The third-order valence-corrected chi connectivity index (χ3v) is 2.80. The average Bonchev–Trinajstić information content (AvgIpc) is 2.79. The molecule has 0 radical (unpaired) electrons. The summed E-state index contributed by atoms with van der Waals surface area (Å²) in [5, 5.41) is 7.85. The Labute approximate surface area is 105 Å². The topological polar surface area (TPSA) is 73.8 Å². The summed E-state index contributed by atoms with van der Waals surface area (Å²) in [6.07, 6.45) is 1.50. The second-order valence-corrected chi connectivity index (χ2v) is 4.58. The van der Waals surface area contributed by atoms with Crippen molar-refractivity contribution in [2.45, 2.75) is 40.2 Å². The van der Waals surface area contributed by atoms with Crippen LogP contribution in [-0.2, 0) is 6.54 Å². The van der Waals surface area contributed by atoms with E-state index in [9.17, 15) is 4.79 Å². The lowest BCUT2D eigenvalue weighted by atomic mass is 10.2. The molecule has 96 valence electrons. The molecule has 0 aromatic carbocycles. The Kier molecular flexibility index (Phi) is 3.27. The molecule has 6 nitrogen and oxygen atoms in total. The van der Waals surface area contributed by atoms with Crippen molar-refractivity contribution in [1.82, 2.24) is 19.7 Å². The predicted molar refractivity (Wildman–Crippen MR) is 65.5 cm³/mol. The van der Waals surface area contributed by atoms with Gasteiger partial charge in [-0.1, -0.05) is 13.8 Å². The first kappa shape index (κ1) is 12.5. The zero-order chi connectivity index (χ0) is 13.3. The first-order chi connectivity index (χ1) is 8.49. The maximum Gasteiger partial charge on any atom is 0.256 e. The molecule has 18 heavy (non-hydrogen) atoms. The van der Waals surface area contributed by atoms with Crippen molar-refractivity contribution in [3.8, 4) is 0 Å². The van der Waals surface area contributed by atoms with Gasteiger partial charge in [0.1, 0.15) is 6.54 Å². The van der Waals surface area contributed by atoms with Crippen LogP contribution in [0.25, 0.3) is 0 Å². The second kappa shape index (κ2) is 4.72. The zero-order valence-corrected chi connectivity index (χ0v) is 11.0. The van der Waals surface area contributed by atoms with Crippen LogP contribution in [0.15, 0.2) is 15.5 Å². The molecule has 0 aliphatic rings. The third kappa shape index (κ3) is 2.32. The van der Waals surface area contributed by atoms with Crippen LogP contribution in [0.2, 0.25) is 0 Å². The normalized spacial score (nSPS) is 11.2. The van der Waals surface area contributed by atoms with Crippen LogP contribution < -0.4 is 5.56 Å². The average molecular weight is 248 g/mol. The maximum atomic E-state index is 12.0. The molecule has 2 aromatic rings. The van der Waals surface area contributed by atoms with E-state index in [2.05, 4.69) is 15.2 Å². The van der Waals surface area contributed by atoms with Crippen LogP contribution in [0, 0.1) is 13.8 Å². The number of hydrogen-bond acceptors (Lipinski definition) is 5. The van der Waals surface area contributed by atoms with Gasteiger partial charge in [0.15, 0.2) is 0 Å². The highest BCUT2D eigenvalue weighted by Crippen LogP contribution is 2.12. The molecule has 0 atom stereocenters. The Hall–Kier alpha value is -1.98. The molecule has 0 fully saturated rings. The van der Waals surface area contributed by atoms with Crippen molar-refractivity contribution in [1.29, 1.82) is 0 Å². The fourth-order valence-corrected chi connectivity index (χ4v) is 1.50. The van der Waals surface area contributed by atoms with Crippen molar-refractivity contribution >= 4 is 0 Å². The molecule has 2 rings (SSSR count). The molecule has 0 N–H and O–H groups in total. The Bertz CT molecular complexity index is 613. The van der Waals surface area contributed by atoms with Gasteiger partial charge in [-0.05, 0) is 13.8 Å². The molecule has 0 saturated carbocycles. The van der Waals surface area contributed by atoms with Crippen LogP contribution in [0.4, 0.5) is 0 Å². The summed E-state index contributed by atoms with van der Waals surface area (Å²) in [5.74, 6) is 1.18. The minimum absolute atomic E-state index is 0.0770. The number of aromatic nitrogens is 4. The van der Waals surface area contributed by atoms with Gasteiger partial charge >= 0.3 is 0 Å². The van der Waals surface area contributed by atoms with Gasteiger partial charge in [0.2, 0.25) is 11.8 Å². The zero-order valence-electron chi connectivity index (χ0n) is 11.0. The van der Waals surface area contributed by atoms with Crippen LogP contribution in [-0.4, -0.2) is 19.7 Å². The lowest BCUT2D eigenvalue weighted by Crippen LogP contribution is -2.24. The number of aryl methyl sites for hydroxylation is 1. The van der Waals surface area contributed by atoms with E-state index in [1.807, 2.05) is 20.8 Å². The lowest BCUT2D eigenvalue weighted by molar-refractivity contribution is 0.419. The molecule has 0 bridgehead atoms. The predicted octanol–water partition coefficient (Wildman–Crippen LogP) is 1.41. The molecular formula is C12H16N4O2. The fourth-order valence-electron chi connectivity index (χ4n) is 1.50. The van der Waals surface area contributed by atoms with Gasteiger partial charge in [0.05, 0.1) is 6.33 Å². The molecule has 0 saturated heterocycles. The summed E-state index contributed by atoms with van der Waals surface area (Å²) in [6.45, 7) is 7.77. The van der Waals surface area contributed by atoms with Gasteiger partial charge < -0.3 is 4.42 Å². The maximum absolute atomic E-state index is 12.0. The van der Waals surface area contributed by atoms with Crippen molar-refractivity contribution in [3.63, 3.8) is 0 Å². The molecule has 2 aromatic heterocycles. The van der Waals surface area contributed by atoms with Gasteiger partial charge in [-0.2, -0.15) is 0 Å². The van der Waals surface area contributed by atoms with Crippen LogP contribution in [0.3, 0.4) is 0 Å². The largest absolute Gasteiger partial charge is 0.423 e. The molecular weight excluding hydrogens is 232 g/mol. The molecule has 0 unspecified atom stereocenters. The highest BCUT2D eigenvalue weighted by molar-refractivity contribution is 5.12. The minimum atomic E-state index is -0.0770. The highest BCUT2D eigenvalue weighted by Gasteiger charge is 2.11. The molecule has 2 heterocycles. The van der Waals surface area contributed by atoms with Crippen LogP contribution >= 0.6 is 0 Å². The van der Waals surface area contributed by atoms with Crippen LogP contribution in [0.1, 0.15) is 42.8 Å². The van der Waals surface area contributed by atoms with E-state index in [4.69, 9.17) is 4.42 Å². The van der Waals surface area contributed by atoms with Gasteiger partial charge in [0.25, 0.3) is 5.56 Å². The van der Waals surface area contributed by atoms with E-state index in [1.54, 1.807) is 6.92 Å². The summed E-state index contributed by atoms with van der Waals surface area (Å²) < 4.78 is 6.94. The Morgan fingerprint density at radius 2 is 2.06 bits per heavy atom. The van der Waals surface area contributed by atoms with E-state index in [1.165, 1.54) is 10.9 Å². The van der Waals surface area contributed by atoms with Crippen molar-refractivity contribution in [2.75, 3.05) is 0 Å². The second-order valence-electron chi connectivity index (χ2n) is 4.58. The van der Waals surface area contributed by atoms with Gasteiger partial charge in [-0.25, -0.2) is 4.98 Å². The van der Waals surface area contributed by atoms with E-state index in [0.717, 1.165) is 5.69 Å². The summed E-state index contributed by atoms with van der Waals surface area (Å²) >= 11 is 0. The molecule has 0 spiro atoms. The number of hydrogen-bond donors (Lipinski definition) is 0. The molecule has 6 heteroatoms. The van der Waals surface area contributed by atoms with E-state index in [-0.39, 0.29) is 18.0 Å². The van der Waals surface area contributed by atoms with Crippen molar-refractivity contribution in [2.24, 2.45) is 0 Å². The van der Waals surface area contributed by atoms with Gasteiger partial charge in [0, 0.05) is 17.2 Å². The van der Waals surface area contributed by atoms with Crippen molar-refractivity contribution in [3.05, 3.63) is 39.7 Å². The summed E-state index contributed by atoms with van der Waals surface area (Å²) in [7, 11) is 0. The monoisotopic (exact) mass is 248 g/mol. The standard InChI is InChI=1S/C12H16N4O2/c1-7(2)11-15-14-10(18-11)5-16-6-13-9(4)8(3)12(16)17/h6-7H,5H2,1-4H3. The highest BCUT2D eigenvalue weighted by atomic mass is 16.4. The van der Waals surface area contributed by atoms with Gasteiger partial charge in [-0.3, -0.25) is 9.36 Å². The molecule has 0 aliphatic heterocycles. The smallest absolute Gasteiger partial charge is 0.256 e. The first-order valence-electron chi connectivity index (χ1n) is 5.84. The third-order valence-electron chi connectivity index (χ3n) is 2.80. The summed E-state index contributed by atoms with van der Waals surface area (Å²) in [5.41, 5.74) is 1.30. The van der Waals surface area contributed by atoms with E-state index < -0.39 is 0 Å². The fraction of sp³-hybridized carbons (Fsp3) is 0.500. The van der Waals surface area contributed by atoms with E-state index >= 15 is 0 Å². The minimum Gasteiger partial charge on any atom is -0.423 e. The summed E-state index contributed by atoms with van der Waals surface area (Å²) in [4.78, 5) is 16.1. The van der Waals surface area contributed by atoms with Crippen LogP contribution in [0.5, 0.6) is 0 Å². The lowest BCUT2D eigenvalue weighted by Gasteiger charge is -2.04. The van der Waals surface area contributed by atoms with Crippen molar-refractivity contribution < 1.29 is 4.42 Å². The van der Waals surface area contributed by atoms with Gasteiger partial charge in [-0.15, -0.1) is 10.2 Å². The summed E-state index contributed by atoms with van der Waals surface area (Å²) in [6, 6.07) is 0. The first-order valence-corrected chi connectivity index (χ1v) is 5.84. The molecule has 0 amide bonds. The Morgan fingerprint density at radius 1 is 1.33 bits per heavy atom. The molecule has 0 aliphatic carbocycles. The quantitative estimate of drug-likeness (QED) is 0.821. The number of rotatable bonds is 3.